The summed E-state index contributed by atoms with van der Waals surface area (Å²) >= 11 is 5.70. The molecule has 0 amide bonds. The van der Waals surface area contributed by atoms with Gasteiger partial charge in [0, 0.05) is 6.42 Å². The summed E-state index contributed by atoms with van der Waals surface area (Å²) in [6.45, 7) is 0. The number of rotatable bonds is 2. The van der Waals surface area contributed by atoms with E-state index in [1.807, 2.05) is 0 Å². The molecule has 0 spiro atoms. The predicted molar refractivity (Wildman–Crippen MR) is 62.1 cm³/mol. The average molecular weight is 239 g/mol. The Hall–Kier alpha value is -1.15. The molecule has 84 valence electrons. The maximum absolute atomic E-state index is 13.6. The predicted octanol–water partition coefficient (Wildman–Crippen LogP) is 3.70. The summed E-state index contributed by atoms with van der Waals surface area (Å²) in [4.78, 5) is 11.2. The third-order valence-electron chi connectivity index (χ3n) is 2.74. The number of carbonyl (C=O) groups excluding carboxylic acids is 1. The molecule has 0 atom stereocenters. The standard InChI is InChI=1S/C13H12ClFO/c14-12-6-2-4-10(13(12)15)7-9-3-1-5-11(16)8-9/h2,4,6,8H,1,3,5,7H2. The van der Waals surface area contributed by atoms with E-state index >= 15 is 0 Å². The number of hydrogen-bond donors (Lipinski definition) is 0. The van der Waals surface area contributed by atoms with Crippen LogP contribution in [-0.2, 0) is 11.2 Å². The number of allylic oxidation sites excluding steroid dienone is 2. The van der Waals surface area contributed by atoms with Crippen LogP contribution in [0.3, 0.4) is 0 Å². The Bertz CT molecular complexity index is 451. The number of carbonyl (C=O) groups is 1. The van der Waals surface area contributed by atoms with Crippen molar-refractivity contribution < 1.29 is 9.18 Å². The zero-order valence-electron chi connectivity index (χ0n) is 8.80. The summed E-state index contributed by atoms with van der Waals surface area (Å²) in [5.74, 6) is -0.230. The van der Waals surface area contributed by atoms with Crippen molar-refractivity contribution in [1.82, 2.24) is 0 Å². The zero-order chi connectivity index (χ0) is 11.5. The van der Waals surface area contributed by atoms with Gasteiger partial charge >= 0.3 is 0 Å². The summed E-state index contributed by atoms with van der Waals surface area (Å²) in [5, 5.41) is 0.139. The van der Waals surface area contributed by atoms with Crippen molar-refractivity contribution in [2.24, 2.45) is 0 Å². The van der Waals surface area contributed by atoms with E-state index in [0.717, 1.165) is 18.4 Å². The molecule has 0 fully saturated rings. The molecular weight excluding hydrogens is 227 g/mol. The van der Waals surface area contributed by atoms with Crippen LogP contribution in [0.4, 0.5) is 4.39 Å². The van der Waals surface area contributed by atoms with E-state index in [1.165, 1.54) is 6.07 Å². The number of halogens is 2. The second-order valence-electron chi connectivity index (χ2n) is 4.01. The van der Waals surface area contributed by atoms with Gasteiger partial charge in [-0.2, -0.15) is 0 Å². The van der Waals surface area contributed by atoms with E-state index in [-0.39, 0.29) is 16.6 Å². The molecule has 1 aliphatic rings. The Balaban J connectivity index is 2.21. The van der Waals surface area contributed by atoms with Crippen molar-refractivity contribution in [3.05, 3.63) is 46.3 Å². The zero-order valence-corrected chi connectivity index (χ0v) is 9.56. The highest BCUT2D eigenvalue weighted by Gasteiger charge is 2.13. The maximum atomic E-state index is 13.6. The highest BCUT2D eigenvalue weighted by molar-refractivity contribution is 6.30. The van der Waals surface area contributed by atoms with Crippen LogP contribution < -0.4 is 0 Å². The van der Waals surface area contributed by atoms with Crippen LogP contribution in [0.1, 0.15) is 24.8 Å². The molecule has 0 aromatic heterocycles. The van der Waals surface area contributed by atoms with Crippen LogP contribution in [0.2, 0.25) is 5.02 Å². The molecule has 2 rings (SSSR count). The second-order valence-corrected chi connectivity index (χ2v) is 4.42. The first-order valence-corrected chi connectivity index (χ1v) is 5.70. The number of hydrogen-bond acceptors (Lipinski definition) is 1. The monoisotopic (exact) mass is 238 g/mol. The topological polar surface area (TPSA) is 17.1 Å². The first kappa shape index (κ1) is 11.3. The van der Waals surface area contributed by atoms with E-state index in [2.05, 4.69) is 0 Å². The minimum absolute atomic E-state index is 0.139. The molecule has 0 N–H and O–H groups in total. The fraction of sp³-hybridized carbons (Fsp3) is 0.308. The maximum Gasteiger partial charge on any atom is 0.155 e. The van der Waals surface area contributed by atoms with Gasteiger partial charge < -0.3 is 0 Å². The molecular formula is C13H12ClFO. The molecule has 0 saturated carbocycles. The molecule has 0 unspecified atom stereocenters. The molecule has 1 aliphatic carbocycles. The van der Waals surface area contributed by atoms with Crippen molar-refractivity contribution in [3.63, 3.8) is 0 Å². The Kier molecular flexibility index (Phi) is 3.39. The van der Waals surface area contributed by atoms with Gasteiger partial charge in [-0.15, -0.1) is 0 Å². The van der Waals surface area contributed by atoms with Crippen LogP contribution in [0, 0.1) is 5.82 Å². The lowest BCUT2D eigenvalue weighted by Crippen LogP contribution is -2.05. The molecule has 0 heterocycles. The van der Waals surface area contributed by atoms with E-state index in [0.29, 0.717) is 18.4 Å². The summed E-state index contributed by atoms with van der Waals surface area (Å²) in [6.07, 6.45) is 4.48. The molecule has 0 aliphatic heterocycles. The van der Waals surface area contributed by atoms with Gasteiger partial charge in [-0.05, 0) is 37.0 Å². The van der Waals surface area contributed by atoms with Crippen molar-refractivity contribution in [1.29, 1.82) is 0 Å². The van der Waals surface area contributed by atoms with Crippen LogP contribution in [0.5, 0.6) is 0 Å². The highest BCUT2D eigenvalue weighted by atomic mass is 35.5. The summed E-state index contributed by atoms with van der Waals surface area (Å²) in [5.41, 5.74) is 1.56. The quantitative estimate of drug-likeness (QED) is 0.768. The van der Waals surface area contributed by atoms with Crippen molar-refractivity contribution >= 4 is 17.4 Å². The largest absolute Gasteiger partial charge is 0.295 e. The summed E-state index contributed by atoms with van der Waals surface area (Å²) in [7, 11) is 0. The van der Waals surface area contributed by atoms with Gasteiger partial charge in [-0.3, -0.25) is 4.79 Å². The van der Waals surface area contributed by atoms with Gasteiger partial charge in [-0.1, -0.05) is 29.3 Å². The average Bonchev–Trinajstić information content (AvgIpc) is 2.25. The number of ketones is 1. The van der Waals surface area contributed by atoms with E-state index in [1.54, 1.807) is 18.2 Å². The van der Waals surface area contributed by atoms with E-state index in [9.17, 15) is 9.18 Å². The first-order chi connectivity index (χ1) is 7.66. The Morgan fingerprint density at radius 2 is 2.12 bits per heavy atom. The fourth-order valence-electron chi connectivity index (χ4n) is 1.93. The van der Waals surface area contributed by atoms with Crippen molar-refractivity contribution in [3.8, 4) is 0 Å². The van der Waals surface area contributed by atoms with Crippen LogP contribution >= 0.6 is 11.6 Å². The summed E-state index contributed by atoms with van der Waals surface area (Å²) in [6, 6.07) is 4.97. The Morgan fingerprint density at radius 1 is 1.31 bits per heavy atom. The van der Waals surface area contributed by atoms with Gasteiger partial charge in [0.05, 0.1) is 5.02 Å². The fourth-order valence-corrected chi connectivity index (χ4v) is 2.12. The first-order valence-electron chi connectivity index (χ1n) is 5.32. The van der Waals surface area contributed by atoms with Crippen molar-refractivity contribution in [2.75, 3.05) is 0 Å². The Labute approximate surface area is 98.9 Å². The minimum atomic E-state index is -0.372. The van der Waals surface area contributed by atoms with Gasteiger partial charge in [-0.25, -0.2) is 4.39 Å². The summed E-state index contributed by atoms with van der Waals surface area (Å²) < 4.78 is 13.6. The molecule has 1 nitrogen and oxygen atoms in total. The van der Waals surface area contributed by atoms with Crippen molar-refractivity contribution in [2.45, 2.75) is 25.7 Å². The van der Waals surface area contributed by atoms with E-state index in [4.69, 9.17) is 11.6 Å². The third kappa shape index (κ3) is 2.50. The van der Waals surface area contributed by atoms with Crippen LogP contribution in [-0.4, -0.2) is 5.78 Å². The molecule has 0 radical (unpaired) electrons. The van der Waals surface area contributed by atoms with Gasteiger partial charge in [0.25, 0.3) is 0 Å². The lowest BCUT2D eigenvalue weighted by Gasteiger charge is -2.12. The molecule has 3 heteroatoms. The van der Waals surface area contributed by atoms with Crippen LogP contribution in [0.15, 0.2) is 29.8 Å². The SMILES string of the molecule is O=C1C=C(Cc2cccc(Cl)c2F)CCC1. The molecule has 1 aromatic carbocycles. The molecule has 0 bridgehead atoms. The second kappa shape index (κ2) is 4.79. The smallest absolute Gasteiger partial charge is 0.155 e. The third-order valence-corrected chi connectivity index (χ3v) is 3.03. The van der Waals surface area contributed by atoms with Gasteiger partial charge in [0.1, 0.15) is 5.82 Å². The Morgan fingerprint density at radius 3 is 2.88 bits per heavy atom. The molecule has 16 heavy (non-hydrogen) atoms. The lowest BCUT2D eigenvalue weighted by atomic mass is 9.93. The van der Waals surface area contributed by atoms with Crippen LogP contribution in [0.25, 0.3) is 0 Å². The normalized spacial score (nSPS) is 16.1. The number of benzene rings is 1. The van der Waals surface area contributed by atoms with Gasteiger partial charge in [0.15, 0.2) is 5.78 Å². The lowest BCUT2D eigenvalue weighted by molar-refractivity contribution is -0.115. The van der Waals surface area contributed by atoms with E-state index < -0.39 is 0 Å². The molecule has 1 aromatic rings. The highest BCUT2D eigenvalue weighted by Crippen LogP contribution is 2.24. The van der Waals surface area contributed by atoms with Gasteiger partial charge in [0.2, 0.25) is 0 Å². The molecule has 0 saturated heterocycles. The minimum Gasteiger partial charge on any atom is -0.295 e.